The van der Waals surface area contributed by atoms with Gasteiger partial charge in [0.25, 0.3) is 0 Å². The summed E-state index contributed by atoms with van der Waals surface area (Å²) in [6, 6.07) is 5.62. The first-order chi connectivity index (χ1) is 8.34. The summed E-state index contributed by atoms with van der Waals surface area (Å²) in [5.41, 5.74) is 1.43. The molecule has 1 N–H and O–H groups in total. The van der Waals surface area contributed by atoms with E-state index in [9.17, 15) is 5.11 Å². The van der Waals surface area contributed by atoms with E-state index < -0.39 is 0 Å². The van der Waals surface area contributed by atoms with E-state index in [1.807, 2.05) is 12.1 Å². The zero-order chi connectivity index (χ0) is 13.5. The van der Waals surface area contributed by atoms with Crippen LogP contribution in [0.15, 0.2) is 18.2 Å². The van der Waals surface area contributed by atoms with Crippen LogP contribution in [0, 0.1) is 5.92 Å². The Hall–Kier alpha value is -0.730. The Morgan fingerprint density at radius 3 is 2.67 bits per heavy atom. The SMILES string of the molecule is CC1C(c2ccc(O)c(Cl)c2)CCN(C)C1(C)C. The maximum absolute atomic E-state index is 9.51. The molecule has 2 atom stereocenters. The van der Waals surface area contributed by atoms with E-state index in [1.165, 1.54) is 5.56 Å². The summed E-state index contributed by atoms with van der Waals surface area (Å²) in [6.07, 6.45) is 1.14. The van der Waals surface area contributed by atoms with Crippen molar-refractivity contribution in [3.05, 3.63) is 28.8 Å². The highest BCUT2D eigenvalue weighted by Gasteiger charge is 2.39. The van der Waals surface area contributed by atoms with Gasteiger partial charge in [-0.05, 0) is 63.4 Å². The lowest BCUT2D eigenvalue weighted by atomic mass is 9.71. The number of hydrogen-bond acceptors (Lipinski definition) is 2. The van der Waals surface area contributed by atoms with Gasteiger partial charge in [0.05, 0.1) is 5.02 Å². The lowest BCUT2D eigenvalue weighted by Crippen LogP contribution is -2.52. The van der Waals surface area contributed by atoms with Crippen LogP contribution in [0.3, 0.4) is 0 Å². The molecule has 0 radical (unpaired) electrons. The number of rotatable bonds is 1. The van der Waals surface area contributed by atoms with Crippen LogP contribution in [0.4, 0.5) is 0 Å². The molecule has 0 bridgehead atoms. The van der Waals surface area contributed by atoms with Crippen molar-refractivity contribution in [1.82, 2.24) is 4.90 Å². The van der Waals surface area contributed by atoms with Crippen LogP contribution in [0.25, 0.3) is 0 Å². The fraction of sp³-hybridized carbons (Fsp3) is 0.600. The van der Waals surface area contributed by atoms with Gasteiger partial charge in [-0.2, -0.15) is 0 Å². The molecule has 0 saturated carbocycles. The number of hydrogen-bond donors (Lipinski definition) is 1. The van der Waals surface area contributed by atoms with Crippen molar-refractivity contribution in [2.24, 2.45) is 5.92 Å². The highest BCUT2D eigenvalue weighted by molar-refractivity contribution is 6.32. The molecule has 0 spiro atoms. The van der Waals surface area contributed by atoms with Crippen LogP contribution in [0.1, 0.15) is 38.7 Å². The van der Waals surface area contributed by atoms with E-state index in [1.54, 1.807) is 6.07 Å². The standard InChI is InChI=1S/C15H22ClNO/c1-10-12(7-8-17(4)15(10,2)3)11-5-6-14(18)13(16)9-11/h5-6,9-10,12,18H,7-8H2,1-4H3. The van der Waals surface area contributed by atoms with Crippen LogP contribution in [-0.4, -0.2) is 29.1 Å². The molecule has 1 aliphatic rings. The largest absolute Gasteiger partial charge is 0.506 e. The molecule has 100 valence electrons. The minimum atomic E-state index is 0.167. The maximum atomic E-state index is 9.51. The second-order valence-electron chi connectivity index (χ2n) is 5.97. The average Bonchev–Trinajstić information content (AvgIpc) is 2.31. The van der Waals surface area contributed by atoms with Gasteiger partial charge in [0.1, 0.15) is 5.75 Å². The molecular formula is C15H22ClNO. The monoisotopic (exact) mass is 267 g/mol. The molecule has 2 nitrogen and oxygen atoms in total. The van der Waals surface area contributed by atoms with Crippen molar-refractivity contribution in [2.45, 2.75) is 38.6 Å². The van der Waals surface area contributed by atoms with E-state index in [-0.39, 0.29) is 11.3 Å². The lowest BCUT2D eigenvalue weighted by molar-refractivity contribution is 0.0386. The van der Waals surface area contributed by atoms with Crippen molar-refractivity contribution < 1.29 is 5.11 Å². The molecule has 2 rings (SSSR count). The van der Waals surface area contributed by atoms with Crippen LogP contribution in [0.2, 0.25) is 5.02 Å². The molecule has 1 heterocycles. The fourth-order valence-corrected chi connectivity index (χ4v) is 3.11. The van der Waals surface area contributed by atoms with Crippen LogP contribution >= 0.6 is 11.6 Å². The van der Waals surface area contributed by atoms with Crippen LogP contribution < -0.4 is 0 Å². The molecule has 0 aromatic heterocycles. The van der Waals surface area contributed by atoms with Gasteiger partial charge in [-0.1, -0.05) is 24.6 Å². The second-order valence-corrected chi connectivity index (χ2v) is 6.38. The van der Waals surface area contributed by atoms with E-state index in [0.29, 0.717) is 16.9 Å². The van der Waals surface area contributed by atoms with E-state index in [4.69, 9.17) is 11.6 Å². The van der Waals surface area contributed by atoms with Crippen LogP contribution in [-0.2, 0) is 0 Å². The van der Waals surface area contributed by atoms with E-state index in [2.05, 4.69) is 32.7 Å². The molecule has 1 fully saturated rings. The highest BCUT2D eigenvalue weighted by Crippen LogP contribution is 2.42. The van der Waals surface area contributed by atoms with Crippen molar-refractivity contribution in [2.75, 3.05) is 13.6 Å². The van der Waals surface area contributed by atoms with Gasteiger partial charge in [0.2, 0.25) is 0 Å². The summed E-state index contributed by atoms with van der Waals surface area (Å²) in [4.78, 5) is 2.43. The molecular weight excluding hydrogens is 246 g/mol. The Morgan fingerprint density at radius 2 is 2.06 bits per heavy atom. The summed E-state index contributed by atoms with van der Waals surface area (Å²) in [6.45, 7) is 8.00. The normalized spacial score (nSPS) is 28.3. The first kappa shape index (κ1) is 13.7. The summed E-state index contributed by atoms with van der Waals surface area (Å²) < 4.78 is 0. The van der Waals surface area contributed by atoms with Crippen LogP contribution in [0.5, 0.6) is 5.75 Å². The average molecular weight is 268 g/mol. The van der Waals surface area contributed by atoms with Crippen molar-refractivity contribution >= 4 is 11.6 Å². The number of piperidine rings is 1. The number of nitrogens with zero attached hydrogens (tertiary/aromatic N) is 1. The molecule has 18 heavy (non-hydrogen) atoms. The summed E-state index contributed by atoms with van der Waals surface area (Å²) in [7, 11) is 2.19. The quantitative estimate of drug-likeness (QED) is 0.835. The second kappa shape index (κ2) is 4.75. The maximum Gasteiger partial charge on any atom is 0.134 e. The van der Waals surface area contributed by atoms with Gasteiger partial charge >= 0.3 is 0 Å². The lowest BCUT2D eigenvalue weighted by Gasteiger charge is -2.49. The van der Waals surface area contributed by atoms with Crippen molar-refractivity contribution in [3.8, 4) is 5.75 Å². The topological polar surface area (TPSA) is 23.5 Å². The van der Waals surface area contributed by atoms with Crippen molar-refractivity contribution in [1.29, 1.82) is 0 Å². The van der Waals surface area contributed by atoms with Gasteiger partial charge in [0, 0.05) is 5.54 Å². The van der Waals surface area contributed by atoms with Gasteiger partial charge < -0.3 is 10.0 Å². The number of likely N-dealkylation sites (tertiary alicyclic amines) is 1. The molecule has 1 aromatic carbocycles. The third-order valence-electron chi connectivity index (χ3n) is 4.88. The predicted octanol–water partition coefficient (Wildman–Crippen LogP) is 3.88. The summed E-state index contributed by atoms with van der Waals surface area (Å²) in [5, 5.41) is 9.97. The molecule has 1 aromatic rings. The molecule has 3 heteroatoms. The third kappa shape index (κ3) is 2.24. The Balaban J connectivity index is 2.31. The van der Waals surface area contributed by atoms with Crippen molar-refractivity contribution in [3.63, 3.8) is 0 Å². The van der Waals surface area contributed by atoms with E-state index >= 15 is 0 Å². The molecule has 0 amide bonds. The Bertz CT molecular complexity index is 444. The first-order valence-electron chi connectivity index (χ1n) is 6.53. The zero-order valence-electron chi connectivity index (χ0n) is 11.6. The molecule has 1 aliphatic heterocycles. The number of phenolic OH excluding ortho intramolecular Hbond substituents is 1. The molecule has 2 unspecified atom stereocenters. The summed E-state index contributed by atoms with van der Waals surface area (Å²) in [5.74, 6) is 1.23. The number of benzene rings is 1. The minimum Gasteiger partial charge on any atom is -0.506 e. The van der Waals surface area contributed by atoms with E-state index in [0.717, 1.165) is 13.0 Å². The highest BCUT2D eigenvalue weighted by atomic mass is 35.5. The first-order valence-corrected chi connectivity index (χ1v) is 6.91. The zero-order valence-corrected chi connectivity index (χ0v) is 12.3. The number of aromatic hydroxyl groups is 1. The van der Waals surface area contributed by atoms with Gasteiger partial charge in [-0.15, -0.1) is 0 Å². The minimum absolute atomic E-state index is 0.167. The predicted molar refractivity (Wildman–Crippen MR) is 76.3 cm³/mol. The third-order valence-corrected chi connectivity index (χ3v) is 5.18. The Kier molecular flexibility index (Phi) is 3.61. The van der Waals surface area contributed by atoms with Gasteiger partial charge in [-0.3, -0.25) is 0 Å². The van der Waals surface area contributed by atoms with Gasteiger partial charge in [0.15, 0.2) is 0 Å². The fourth-order valence-electron chi connectivity index (χ4n) is 2.92. The molecule has 0 aliphatic carbocycles. The molecule has 1 saturated heterocycles. The number of phenols is 1. The smallest absolute Gasteiger partial charge is 0.134 e. The van der Waals surface area contributed by atoms with Gasteiger partial charge in [-0.25, -0.2) is 0 Å². The Morgan fingerprint density at radius 1 is 1.39 bits per heavy atom. The Labute approximate surface area is 115 Å². The number of halogens is 1. The summed E-state index contributed by atoms with van der Waals surface area (Å²) >= 11 is 6.02.